The van der Waals surface area contributed by atoms with Crippen LogP contribution < -0.4 is 4.74 Å². The van der Waals surface area contributed by atoms with Crippen molar-refractivity contribution in [3.8, 4) is 5.75 Å². The van der Waals surface area contributed by atoms with E-state index in [0.717, 1.165) is 41.5 Å². The Morgan fingerprint density at radius 1 is 1.06 bits per heavy atom. The standard InChI is InChI=1S/C27H30BrNO4S/c1-20-14-25(15-23(27(20)28)19-34(31,32)26-7-3-2-4-8-26)33-18-22-11-9-21(10-12-22)16-29-13-5-6-24(29)17-30/h2-4,7-12,14-15,24,30H,5-6,13,16-19H2,1H3. The van der Waals surface area contributed by atoms with E-state index in [0.29, 0.717) is 22.8 Å². The van der Waals surface area contributed by atoms with Crippen LogP contribution in [-0.4, -0.2) is 37.6 Å². The largest absolute Gasteiger partial charge is 0.489 e. The summed E-state index contributed by atoms with van der Waals surface area (Å²) in [5, 5.41) is 9.52. The molecule has 0 aliphatic carbocycles. The smallest absolute Gasteiger partial charge is 0.182 e. The van der Waals surface area contributed by atoms with Gasteiger partial charge < -0.3 is 9.84 Å². The number of hydrogen-bond donors (Lipinski definition) is 1. The molecule has 180 valence electrons. The van der Waals surface area contributed by atoms with E-state index in [1.54, 1.807) is 36.4 Å². The highest BCUT2D eigenvalue weighted by Crippen LogP contribution is 2.30. The zero-order chi connectivity index (χ0) is 24.1. The third-order valence-electron chi connectivity index (χ3n) is 6.28. The first-order chi connectivity index (χ1) is 16.4. The molecular weight excluding hydrogens is 514 g/mol. The van der Waals surface area contributed by atoms with Crippen LogP contribution >= 0.6 is 15.9 Å². The highest BCUT2D eigenvalue weighted by Gasteiger charge is 2.23. The Morgan fingerprint density at radius 3 is 2.47 bits per heavy atom. The molecule has 1 heterocycles. The number of likely N-dealkylation sites (tertiary alicyclic amines) is 1. The number of sulfone groups is 1. The summed E-state index contributed by atoms with van der Waals surface area (Å²) in [6.45, 7) is 4.42. The Balaban J connectivity index is 1.42. The average Bonchev–Trinajstić information content (AvgIpc) is 3.29. The molecule has 7 heteroatoms. The molecule has 5 nitrogen and oxygen atoms in total. The van der Waals surface area contributed by atoms with E-state index in [2.05, 4.69) is 45.1 Å². The van der Waals surface area contributed by atoms with E-state index in [9.17, 15) is 13.5 Å². The fourth-order valence-electron chi connectivity index (χ4n) is 4.36. The molecule has 1 fully saturated rings. The first-order valence-electron chi connectivity index (χ1n) is 11.5. The number of benzene rings is 3. The average molecular weight is 545 g/mol. The van der Waals surface area contributed by atoms with Gasteiger partial charge in [-0.15, -0.1) is 0 Å². The molecular formula is C27H30BrNO4S. The van der Waals surface area contributed by atoms with Crippen molar-refractivity contribution in [2.45, 2.75) is 49.6 Å². The van der Waals surface area contributed by atoms with E-state index < -0.39 is 9.84 Å². The SMILES string of the molecule is Cc1cc(OCc2ccc(CN3CCCC3CO)cc2)cc(CS(=O)(=O)c2ccccc2)c1Br. The van der Waals surface area contributed by atoms with Crippen molar-refractivity contribution in [3.63, 3.8) is 0 Å². The van der Waals surface area contributed by atoms with E-state index in [1.807, 2.05) is 13.0 Å². The van der Waals surface area contributed by atoms with Gasteiger partial charge >= 0.3 is 0 Å². The summed E-state index contributed by atoms with van der Waals surface area (Å²) >= 11 is 3.55. The summed E-state index contributed by atoms with van der Waals surface area (Å²) in [7, 11) is -3.46. The van der Waals surface area contributed by atoms with Gasteiger partial charge in [0.25, 0.3) is 0 Å². The van der Waals surface area contributed by atoms with Gasteiger partial charge in [0, 0.05) is 17.1 Å². The maximum Gasteiger partial charge on any atom is 0.182 e. The Kier molecular flexibility index (Phi) is 8.09. The van der Waals surface area contributed by atoms with Crippen LogP contribution in [-0.2, 0) is 28.7 Å². The van der Waals surface area contributed by atoms with Crippen LogP contribution in [0.3, 0.4) is 0 Å². The predicted molar refractivity (Wildman–Crippen MR) is 138 cm³/mol. The topological polar surface area (TPSA) is 66.8 Å². The molecule has 1 aliphatic heterocycles. The lowest BCUT2D eigenvalue weighted by Crippen LogP contribution is -2.31. The third kappa shape index (κ3) is 6.08. The van der Waals surface area contributed by atoms with E-state index in [1.165, 1.54) is 5.56 Å². The Labute approximate surface area is 210 Å². The number of halogens is 1. The molecule has 0 amide bonds. The minimum Gasteiger partial charge on any atom is -0.489 e. The van der Waals surface area contributed by atoms with Crippen LogP contribution in [0.15, 0.2) is 76.1 Å². The minimum absolute atomic E-state index is 0.102. The molecule has 0 radical (unpaired) electrons. The van der Waals surface area contributed by atoms with Gasteiger partial charge in [0.05, 0.1) is 17.3 Å². The summed E-state index contributed by atoms with van der Waals surface area (Å²) in [4.78, 5) is 2.64. The molecule has 0 saturated carbocycles. The van der Waals surface area contributed by atoms with Crippen molar-refractivity contribution in [1.82, 2.24) is 4.90 Å². The number of aliphatic hydroxyl groups excluding tert-OH is 1. The molecule has 0 bridgehead atoms. The zero-order valence-electron chi connectivity index (χ0n) is 19.3. The maximum atomic E-state index is 12.9. The second kappa shape index (κ2) is 11.0. The van der Waals surface area contributed by atoms with Crippen molar-refractivity contribution < 1.29 is 18.3 Å². The number of hydrogen-bond acceptors (Lipinski definition) is 5. The minimum atomic E-state index is -3.46. The van der Waals surface area contributed by atoms with Crippen LogP contribution in [0.4, 0.5) is 0 Å². The summed E-state index contributed by atoms with van der Waals surface area (Å²) in [6.07, 6.45) is 2.20. The van der Waals surface area contributed by atoms with Crippen LogP contribution in [0.1, 0.15) is 35.1 Å². The van der Waals surface area contributed by atoms with Gasteiger partial charge in [-0.3, -0.25) is 4.90 Å². The lowest BCUT2D eigenvalue weighted by atomic mass is 10.1. The van der Waals surface area contributed by atoms with Gasteiger partial charge in [0.15, 0.2) is 9.84 Å². The number of nitrogens with zero attached hydrogens (tertiary/aromatic N) is 1. The molecule has 1 saturated heterocycles. The molecule has 1 atom stereocenters. The summed E-state index contributed by atoms with van der Waals surface area (Å²) in [6, 6.07) is 20.8. The Bertz CT molecular complexity index is 1210. The first kappa shape index (κ1) is 24.9. The molecule has 1 N–H and O–H groups in total. The fourth-order valence-corrected chi connectivity index (χ4v) is 6.29. The van der Waals surface area contributed by atoms with Crippen molar-refractivity contribution in [3.05, 3.63) is 93.5 Å². The molecule has 0 aromatic heterocycles. The highest BCUT2D eigenvalue weighted by atomic mass is 79.9. The Hall–Kier alpha value is -2.19. The van der Waals surface area contributed by atoms with Crippen LogP contribution in [0, 0.1) is 6.92 Å². The molecule has 1 unspecified atom stereocenters. The number of ether oxygens (including phenoxy) is 1. The zero-order valence-corrected chi connectivity index (χ0v) is 21.7. The predicted octanol–water partition coefficient (Wildman–Crippen LogP) is 5.27. The van der Waals surface area contributed by atoms with Gasteiger partial charge in [0.2, 0.25) is 0 Å². The number of aliphatic hydroxyl groups is 1. The second-order valence-electron chi connectivity index (χ2n) is 8.84. The van der Waals surface area contributed by atoms with Crippen molar-refractivity contribution in [2.24, 2.45) is 0 Å². The second-order valence-corrected chi connectivity index (χ2v) is 11.6. The summed E-state index contributed by atoms with van der Waals surface area (Å²) in [5.41, 5.74) is 3.87. The summed E-state index contributed by atoms with van der Waals surface area (Å²) in [5.74, 6) is 0.543. The van der Waals surface area contributed by atoms with Gasteiger partial charge in [-0.05, 0) is 72.8 Å². The molecule has 1 aliphatic rings. The van der Waals surface area contributed by atoms with Crippen molar-refractivity contribution in [2.75, 3.05) is 13.2 Å². The number of aryl methyl sites for hydroxylation is 1. The normalized spacial score (nSPS) is 16.6. The Morgan fingerprint density at radius 2 is 1.76 bits per heavy atom. The number of rotatable bonds is 9. The van der Waals surface area contributed by atoms with Gasteiger partial charge in [-0.25, -0.2) is 8.42 Å². The van der Waals surface area contributed by atoms with Crippen LogP contribution in [0.2, 0.25) is 0 Å². The molecule has 3 aromatic carbocycles. The first-order valence-corrected chi connectivity index (χ1v) is 13.9. The molecule has 0 spiro atoms. The lowest BCUT2D eigenvalue weighted by molar-refractivity contribution is 0.153. The van der Waals surface area contributed by atoms with Gasteiger partial charge in [-0.2, -0.15) is 0 Å². The fraction of sp³-hybridized carbons (Fsp3) is 0.333. The lowest BCUT2D eigenvalue weighted by Gasteiger charge is -2.22. The van der Waals surface area contributed by atoms with Crippen molar-refractivity contribution in [1.29, 1.82) is 0 Å². The maximum absolute atomic E-state index is 12.9. The van der Waals surface area contributed by atoms with E-state index in [4.69, 9.17) is 4.74 Å². The van der Waals surface area contributed by atoms with E-state index in [-0.39, 0.29) is 18.4 Å². The van der Waals surface area contributed by atoms with Gasteiger partial charge in [-0.1, -0.05) is 58.4 Å². The molecule has 34 heavy (non-hydrogen) atoms. The van der Waals surface area contributed by atoms with Crippen LogP contribution in [0.5, 0.6) is 5.75 Å². The third-order valence-corrected chi connectivity index (χ3v) is 9.09. The quantitative estimate of drug-likeness (QED) is 0.398. The van der Waals surface area contributed by atoms with Gasteiger partial charge in [0.1, 0.15) is 12.4 Å². The van der Waals surface area contributed by atoms with Crippen LogP contribution in [0.25, 0.3) is 0 Å². The molecule has 4 rings (SSSR count). The van der Waals surface area contributed by atoms with Crippen molar-refractivity contribution >= 4 is 25.8 Å². The monoisotopic (exact) mass is 543 g/mol. The van der Waals surface area contributed by atoms with E-state index >= 15 is 0 Å². The summed E-state index contributed by atoms with van der Waals surface area (Å²) < 4.78 is 32.6. The highest BCUT2D eigenvalue weighted by molar-refractivity contribution is 9.10. The molecule has 3 aromatic rings.